The lowest BCUT2D eigenvalue weighted by Crippen LogP contribution is -2.34. The number of anilines is 1. The smallest absolute Gasteiger partial charge is 0.121 e. The molecule has 1 fully saturated rings. The summed E-state index contributed by atoms with van der Waals surface area (Å²) in [6.45, 7) is 5.33. The van der Waals surface area contributed by atoms with Crippen molar-refractivity contribution in [2.75, 3.05) is 25.4 Å². The minimum Gasteiger partial charge on any atom is -0.493 e. The summed E-state index contributed by atoms with van der Waals surface area (Å²) in [5.74, 6) is 0.879. The second kappa shape index (κ2) is 7.39. The summed E-state index contributed by atoms with van der Waals surface area (Å²) in [6.07, 6.45) is 6.65. The molecule has 3 nitrogen and oxygen atoms in total. The number of nitrogen functional groups attached to an aromatic ring is 1. The molecule has 0 heterocycles. The minimum absolute atomic E-state index is 0.763. The molecule has 3 heteroatoms. The van der Waals surface area contributed by atoms with Gasteiger partial charge in [0.1, 0.15) is 5.75 Å². The zero-order valence-corrected chi connectivity index (χ0v) is 12.0. The van der Waals surface area contributed by atoms with Crippen molar-refractivity contribution < 1.29 is 4.74 Å². The first-order chi connectivity index (χ1) is 9.29. The highest BCUT2D eigenvalue weighted by Gasteiger charge is 2.20. The van der Waals surface area contributed by atoms with E-state index in [-0.39, 0.29) is 0 Å². The molecule has 0 spiro atoms. The van der Waals surface area contributed by atoms with E-state index < -0.39 is 0 Å². The van der Waals surface area contributed by atoms with Crippen LogP contribution in [0.3, 0.4) is 0 Å². The highest BCUT2D eigenvalue weighted by Crippen LogP contribution is 2.23. The fraction of sp³-hybridized carbons (Fsp3) is 0.625. The Labute approximate surface area is 116 Å². The molecule has 2 rings (SSSR count). The third-order valence-electron chi connectivity index (χ3n) is 3.96. The SMILES string of the molecule is CCN(CCCOc1cccc(N)c1)C1CCCC1. The van der Waals surface area contributed by atoms with Crippen molar-refractivity contribution in [3.63, 3.8) is 0 Å². The van der Waals surface area contributed by atoms with E-state index in [1.165, 1.54) is 25.7 Å². The molecular formula is C16H26N2O. The van der Waals surface area contributed by atoms with Crippen LogP contribution in [0.1, 0.15) is 39.0 Å². The summed E-state index contributed by atoms with van der Waals surface area (Å²) in [6, 6.07) is 8.48. The normalized spacial score (nSPS) is 16.1. The van der Waals surface area contributed by atoms with Crippen molar-refractivity contribution in [3.8, 4) is 5.75 Å². The predicted molar refractivity (Wildman–Crippen MR) is 80.5 cm³/mol. The van der Waals surface area contributed by atoms with Crippen molar-refractivity contribution in [2.45, 2.75) is 45.1 Å². The summed E-state index contributed by atoms with van der Waals surface area (Å²) in [4.78, 5) is 2.61. The van der Waals surface area contributed by atoms with Gasteiger partial charge in [0, 0.05) is 24.3 Å². The van der Waals surface area contributed by atoms with Crippen LogP contribution in [0.5, 0.6) is 5.75 Å². The molecule has 0 radical (unpaired) electrons. The molecule has 0 amide bonds. The molecule has 0 aliphatic heterocycles. The van der Waals surface area contributed by atoms with Gasteiger partial charge < -0.3 is 15.4 Å². The van der Waals surface area contributed by atoms with Crippen molar-refractivity contribution in [1.29, 1.82) is 0 Å². The highest BCUT2D eigenvalue weighted by atomic mass is 16.5. The van der Waals surface area contributed by atoms with Crippen LogP contribution in [-0.2, 0) is 0 Å². The molecule has 1 aromatic carbocycles. The third-order valence-corrected chi connectivity index (χ3v) is 3.96. The summed E-state index contributed by atoms with van der Waals surface area (Å²) in [5, 5.41) is 0. The van der Waals surface area contributed by atoms with E-state index in [2.05, 4.69) is 11.8 Å². The number of hydrogen-bond acceptors (Lipinski definition) is 3. The van der Waals surface area contributed by atoms with E-state index in [4.69, 9.17) is 10.5 Å². The molecule has 0 bridgehead atoms. The van der Waals surface area contributed by atoms with Gasteiger partial charge in [-0.3, -0.25) is 0 Å². The first kappa shape index (κ1) is 14.2. The predicted octanol–water partition coefficient (Wildman–Crippen LogP) is 3.30. The van der Waals surface area contributed by atoms with Gasteiger partial charge in [-0.2, -0.15) is 0 Å². The molecule has 1 saturated carbocycles. The first-order valence-electron chi connectivity index (χ1n) is 7.52. The molecule has 0 atom stereocenters. The molecule has 0 aromatic heterocycles. The lowest BCUT2D eigenvalue weighted by molar-refractivity contribution is 0.188. The molecule has 1 aliphatic carbocycles. The van der Waals surface area contributed by atoms with Crippen LogP contribution in [0.2, 0.25) is 0 Å². The van der Waals surface area contributed by atoms with Gasteiger partial charge in [0.2, 0.25) is 0 Å². The van der Waals surface area contributed by atoms with Crippen LogP contribution >= 0.6 is 0 Å². The molecule has 106 valence electrons. The zero-order chi connectivity index (χ0) is 13.5. The molecule has 1 aliphatic rings. The summed E-state index contributed by atoms with van der Waals surface area (Å²) in [5.41, 5.74) is 6.49. The fourth-order valence-electron chi connectivity index (χ4n) is 2.93. The van der Waals surface area contributed by atoms with Gasteiger partial charge >= 0.3 is 0 Å². The summed E-state index contributed by atoms with van der Waals surface area (Å²) in [7, 11) is 0. The minimum atomic E-state index is 0.763. The monoisotopic (exact) mass is 262 g/mol. The molecule has 19 heavy (non-hydrogen) atoms. The molecule has 0 saturated heterocycles. The largest absolute Gasteiger partial charge is 0.493 e. The Bertz CT molecular complexity index is 375. The molecule has 2 N–H and O–H groups in total. The van der Waals surface area contributed by atoms with Crippen LogP contribution in [0.25, 0.3) is 0 Å². The number of ether oxygens (including phenoxy) is 1. The third kappa shape index (κ3) is 4.43. The molecule has 0 unspecified atom stereocenters. The Hall–Kier alpha value is -1.22. The van der Waals surface area contributed by atoms with Crippen molar-refractivity contribution in [2.24, 2.45) is 0 Å². The number of nitrogens with two attached hydrogens (primary N) is 1. The van der Waals surface area contributed by atoms with E-state index in [0.29, 0.717) is 0 Å². The van der Waals surface area contributed by atoms with Crippen molar-refractivity contribution in [3.05, 3.63) is 24.3 Å². The Morgan fingerprint density at radius 3 is 2.79 bits per heavy atom. The topological polar surface area (TPSA) is 38.5 Å². The van der Waals surface area contributed by atoms with Crippen molar-refractivity contribution >= 4 is 5.69 Å². The number of nitrogens with zero attached hydrogens (tertiary/aromatic N) is 1. The van der Waals surface area contributed by atoms with E-state index >= 15 is 0 Å². The van der Waals surface area contributed by atoms with Gasteiger partial charge in [-0.15, -0.1) is 0 Å². The second-order valence-electron chi connectivity index (χ2n) is 5.34. The van der Waals surface area contributed by atoms with Gasteiger partial charge in [0.05, 0.1) is 6.61 Å². The van der Waals surface area contributed by atoms with E-state index in [1.807, 2.05) is 24.3 Å². The van der Waals surface area contributed by atoms with E-state index in [1.54, 1.807) is 0 Å². The van der Waals surface area contributed by atoms with Gasteiger partial charge in [0.25, 0.3) is 0 Å². The number of hydrogen-bond donors (Lipinski definition) is 1. The highest BCUT2D eigenvalue weighted by molar-refractivity contribution is 5.43. The van der Waals surface area contributed by atoms with Crippen molar-refractivity contribution in [1.82, 2.24) is 4.90 Å². The molecular weight excluding hydrogens is 236 g/mol. The maximum absolute atomic E-state index is 5.74. The van der Waals surface area contributed by atoms with E-state index in [0.717, 1.165) is 43.6 Å². The summed E-state index contributed by atoms with van der Waals surface area (Å²) < 4.78 is 5.74. The van der Waals surface area contributed by atoms with Crippen LogP contribution in [0, 0.1) is 0 Å². The second-order valence-corrected chi connectivity index (χ2v) is 5.34. The Morgan fingerprint density at radius 1 is 1.32 bits per heavy atom. The van der Waals surface area contributed by atoms with Crippen LogP contribution in [0.15, 0.2) is 24.3 Å². The Morgan fingerprint density at radius 2 is 2.11 bits per heavy atom. The van der Waals surface area contributed by atoms with Crippen LogP contribution in [0.4, 0.5) is 5.69 Å². The lowest BCUT2D eigenvalue weighted by atomic mass is 10.2. The number of rotatable bonds is 7. The first-order valence-corrected chi connectivity index (χ1v) is 7.52. The fourth-order valence-corrected chi connectivity index (χ4v) is 2.93. The van der Waals surface area contributed by atoms with Gasteiger partial charge in [-0.1, -0.05) is 25.8 Å². The van der Waals surface area contributed by atoms with Crippen LogP contribution in [-0.4, -0.2) is 30.6 Å². The number of benzene rings is 1. The van der Waals surface area contributed by atoms with Gasteiger partial charge in [-0.05, 0) is 37.9 Å². The lowest BCUT2D eigenvalue weighted by Gasteiger charge is -2.27. The Balaban J connectivity index is 1.67. The maximum atomic E-state index is 5.74. The quantitative estimate of drug-likeness (QED) is 0.605. The van der Waals surface area contributed by atoms with Gasteiger partial charge in [-0.25, -0.2) is 0 Å². The van der Waals surface area contributed by atoms with Gasteiger partial charge in [0.15, 0.2) is 0 Å². The zero-order valence-electron chi connectivity index (χ0n) is 12.0. The van der Waals surface area contributed by atoms with E-state index in [9.17, 15) is 0 Å². The average molecular weight is 262 g/mol. The van der Waals surface area contributed by atoms with Crippen LogP contribution < -0.4 is 10.5 Å². The summed E-state index contributed by atoms with van der Waals surface area (Å²) >= 11 is 0. The average Bonchev–Trinajstić information content (AvgIpc) is 2.93. The maximum Gasteiger partial charge on any atom is 0.121 e. The molecule has 1 aromatic rings. The Kier molecular flexibility index (Phi) is 5.52. The standard InChI is InChI=1S/C16H26N2O/c1-2-18(15-8-3-4-9-15)11-6-12-19-16-10-5-7-14(17)13-16/h5,7,10,13,15H,2-4,6,8-9,11-12,17H2,1H3.